The summed E-state index contributed by atoms with van der Waals surface area (Å²) < 4.78 is 5.27. The van der Waals surface area contributed by atoms with Gasteiger partial charge in [-0.25, -0.2) is 5.01 Å². The molecular weight excluding hydrogens is 204 g/mol. The summed E-state index contributed by atoms with van der Waals surface area (Å²) in [6.07, 6.45) is 0. The molecule has 1 aromatic carbocycles. The monoisotopic (exact) mass is 222 g/mol. The average molecular weight is 222 g/mol. The SMILES string of the molecule is OCc1ccc(CNN2CCOCC2)cc1. The number of benzene rings is 1. The van der Waals surface area contributed by atoms with Gasteiger partial charge in [0.25, 0.3) is 0 Å². The first-order chi connectivity index (χ1) is 7.88. The summed E-state index contributed by atoms with van der Waals surface area (Å²) >= 11 is 0. The van der Waals surface area contributed by atoms with Crippen molar-refractivity contribution in [3.05, 3.63) is 35.4 Å². The topological polar surface area (TPSA) is 44.7 Å². The number of aliphatic hydroxyl groups is 1. The van der Waals surface area contributed by atoms with Gasteiger partial charge in [-0.15, -0.1) is 0 Å². The van der Waals surface area contributed by atoms with Gasteiger partial charge in [-0.05, 0) is 11.1 Å². The van der Waals surface area contributed by atoms with Crippen LogP contribution >= 0.6 is 0 Å². The van der Waals surface area contributed by atoms with Crippen LogP contribution in [0.1, 0.15) is 11.1 Å². The normalized spacial score (nSPS) is 17.6. The highest BCUT2D eigenvalue weighted by molar-refractivity contribution is 5.21. The van der Waals surface area contributed by atoms with Crippen molar-refractivity contribution in [3.63, 3.8) is 0 Å². The molecule has 0 aromatic heterocycles. The molecule has 0 radical (unpaired) electrons. The molecule has 1 aromatic rings. The van der Waals surface area contributed by atoms with Gasteiger partial charge in [0, 0.05) is 19.6 Å². The predicted octanol–water partition coefficient (Wildman–Crippen LogP) is 0.516. The molecule has 1 saturated heterocycles. The van der Waals surface area contributed by atoms with E-state index in [0.717, 1.165) is 38.4 Å². The fourth-order valence-electron chi connectivity index (χ4n) is 1.69. The van der Waals surface area contributed by atoms with Crippen LogP contribution in [0, 0.1) is 0 Å². The van der Waals surface area contributed by atoms with Crippen molar-refractivity contribution in [1.29, 1.82) is 0 Å². The second-order valence-electron chi connectivity index (χ2n) is 3.91. The van der Waals surface area contributed by atoms with Crippen LogP contribution in [-0.4, -0.2) is 36.4 Å². The zero-order chi connectivity index (χ0) is 11.2. The van der Waals surface area contributed by atoms with Crippen molar-refractivity contribution in [1.82, 2.24) is 10.4 Å². The Morgan fingerprint density at radius 3 is 2.38 bits per heavy atom. The molecule has 2 N–H and O–H groups in total. The van der Waals surface area contributed by atoms with Gasteiger partial charge in [-0.3, -0.25) is 5.43 Å². The summed E-state index contributed by atoms with van der Waals surface area (Å²) in [5, 5.41) is 11.1. The molecule has 16 heavy (non-hydrogen) atoms. The lowest BCUT2D eigenvalue weighted by molar-refractivity contribution is 0.0106. The first kappa shape index (κ1) is 11.5. The van der Waals surface area contributed by atoms with Gasteiger partial charge in [0.15, 0.2) is 0 Å². The maximum atomic E-state index is 8.92. The minimum absolute atomic E-state index is 0.108. The number of morpholine rings is 1. The van der Waals surface area contributed by atoms with E-state index in [-0.39, 0.29) is 6.61 Å². The molecule has 1 aliphatic heterocycles. The van der Waals surface area contributed by atoms with Gasteiger partial charge in [0.05, 0.1) is 19.8 Å². The lowest BCUT2D eigenvalue weighted by Gasteiger charge is -2.27. The van der Waals surface area contributed by atoms with E-state index in [2.05, 4.69) is 10.4 Å². The van der Waals surface area contributed by atoms with Gasteiger partial charge >= 0.3 is 0 Å². The number of aliphatic hydroxyl groups excluding tert-OH is 1. The molecule has 2 rings (SSSR count). The Hall–Kier alpha value is -0.940. The summed E-state index contributed by atoms with van der Waals surface area (Å²) in [4.78, 5) is 0. The van der Waals surface area contributed by atoms with Crippen molar-refractivity contribution in [2.24, 2.45) is 0 Å². The number of hydrogen-bond donors (Lipinski definition) is 2. The van der Waals surface area contributed by atoms with E-state index < -0.39 is 0 Å². The van der Waals surface area contributed by atoms with Crippen molar-refractivity contribution in [3.8, 4) is 0 Å². The maximum absolute atomic E-state index is 8.92. The standard InChI is InChI=1S/C12H18N2O2/c15-10-12-3-1-11(2-4-12)9-13-14-5-7-16-8-6-14/h1-4,13,15H,5-10H2. The number of ether oxygens (including phenoxy) is 1. The van der Waals surface area contributed by atoms with E-state index in [1.807, 2.05) is 24.3 Å². The van der Waals surface area contributed by atoms with Crippen LogP contribution in [0.25, 0.3) is 0 Å². The van der Waals surface area contributed by atoms with Crippen molar-refractivity contribution >= 4 is 0 Å². The van der Waals surface area contributed by atoms with Crippen LogP contribution in [0.4, 0.5) is 0 Å². The highest BCUT2D eigenvalue weighted by atomic mass is 16.5. The zero-order valence-corrected chi connectivity index (χ0v) is 9.35. The van der Waals surface area contributed by atoms with E-state index in [4.69, 9.17) is 9.84 Å². The number of nitrogens with zero attached hydrogens (tertiary/aromatic N) is 1. The van der Waals surface area contributed by atoms with Crippen LogP contribution < -0.4 is 5.43 Å². The fourth-order valence-corrected chi connectivity index (χ4v) is 1.69. The minimum atomic E-state index is 0.108. The molecule has 0 spiro atoms. The molecule has 0 aliphatic carbocycles. The second-order valence-corrected chi connectivity index (χ2v) is 3.91. The lowest BCUT2D eigenvalue weighted by Crippen LogP contribution is -2.45. The molecule has 1 aliphatic rings. The number of rotatable bonds is 4. The summed E-state index contributed by atoms with van der Waals surface area (Å²) in [6, 6.07) is 7.99. The first-order valence-electron chi connectivity index (χ1n) is 5.63. The third kappa shape index (κ3) is 3.28. The molecule has 0 bridgehead atoms. The van der Waals surface area contributed by atoms with Crippen LogP contribution in [-0.2, 0) is 17.9 Å². The molecule has 4 nitrogen and oxygen atoms in total. The van der Waals surface area contributed by atoms with E-state index in [9.17, 15) is 0 Å². The van der Waals surface area contributed by atoms with E-state index >= 15 is 0 Å². The number of hydrogen-bond acceptors (Lipinski definition) is 4. The molecule has 0 atom stereocenters. The molecule has 0 saturated carbocycles. The fraction of sp³-hybridized carbons (Fsp3) is 0.500. The summed E-state index contributed by atoms with van der Waals surface area (Å²) in [5.74, 6) is 0. The average Bonchev–Trinajstić information content (AvgIpc) is 2.38. The van der Waals surface area contributed by atoms with Crippen LogP contribution in [0.2, 0.25) is 0 Å². The lowest BCUT2D eigenvalue weighted by atomic mass is 10.1. The largest absolute Gasteiger partial charge is 0.392 e. The molecule has 1 heterocycles. The Bertz CT molecular complexity index is 307. The summed E-state index contributed by atoms with van der Waals surface area (Å²) in [5.41, 5.74) is 5.55. The van der Waals surface area contributed by atoms with Crippen molar-refractivity contribution in [2.75, 3.05) is 26.3 Å². The Morgan fingerprint density at radius 1 is 1.12 bits per heavy atom. The van der Waals surface area contributed by atoms with Gasteiger partial charge in [-0.1, -0.05) is 24.3 Å². The van der Waals surface area contributed by atoms with E-state index in [0.29, 0.717) is 0 Å². The predicted molar refractivity (Wildman–Crippen MR) is 61.6 cm³/mol. The van der Waals surface area contributed by atoms with Gasteiger partial charge in [0.1, 0.15) is 0 Å². The Labute approximate surface area is 95.8 Å². The molecule has 0 unspecified atom stereocenters. The summed E-state index contributed by atoms with van der Waals surface area (Å²) in [7, 11) is 0. The molecule has 4 heteroatoms. The second kappa shape index (κ2) is 5.96. The quantitative estimate of drug-likeness (QED) is 0.779. The molecule has 0 amide bonds. The van der Waals surface area contributed by atoms with Gasteiger partial charge in [-0.2, -0.15) is 0 Å². The third-order valence-corrected chi connectivity index (χ3v) is 2.72. The number of hydrazine groups is 1. The van der Waals surface area contributed by atoms with Crippen molar-refractivity contribution < 1.29 is 9.84 Å². The molecular formula is C12H18N2O2. The Morgan fingerprint density at radius 2 is 1.75 bits per heavy atom. The zero-order valence-electron chi connectivity index (χ0n) is 9.35. The van der Waals surface area contributed by atoms with Crippen LogP contribution in [0.5, 0.6) is 0 Å². The minimum Gasteiger partial charge on any atom is -0.392 e. The van der Waals surface area contributed by atoms with Crippen LogP contribution in [0.3, 0.4) is 0 Å². The smallest absolute Gasteiger partial charge is 0.0681 e. The molecule has 1 fully saturated rings. The van der Waals surface area contributed by atoms with E-state index in [1.165, 1.54) is 5.56 Å². The highest BCUT2D eigenvalue weighted by Crippen LogP contribution is 2.04. The Balaban J connectivity index is 1.79. The number of nitrogens with one attached hydrogen (secondary N) is 1. The van der Waals surface area contributed by atoms with Gasteiger partial charge in [0.2, 0.25) is 0 Å². The maximum Gasteiger partial charge on any atom is 0.0681 e. The summed E-state index contributed by atoms with van der Waals surface area (Å²) in [6.45, 7) is 4.42. The third-order valence-electron chi connectivity index (χ3n) is 2.72. The van der Waals surface area contributed by atoms with Crippen molar-refractivity contribution in [2.45, 2.75) is 13.2 Å². The highest BCUT2D eigenvalue weighted by Gasteiger charge is 2.08. The molecule has 88 valence electrons. The van der Waals surface area contributed by atoms with Crippen LogP contribution in [0.15, 0.2) is 24.3 Å². The van der Waals surface area contributed by atoms with E-state index in [1.54, 1.807) is 0 Å². The van der Waals surface area contributed by atoms with Gasteiger partial charge < -0.3 is 9.84 Å². The first-order valence-corrected chi connectivity index (χ1v) is 5.63. The Kier molecular flexibility index (Phi) is 4.30.